The van der Waals surface area contributed by atoms with Crippen molar-refractivity contribution in [2.24, 2.45) is 0 Å². The Morgan fingerprint density at radius 3 is 2.53 bits per heavy atom. The van der Waals surface area contributed by atoms with E-state index in [4.69, 9.17) is 10.5 Å². The molecule has 0 aromatic heterocycles. The SMILES string of the molecule is COc1ccc(N)c(NS(=O)(=O)NCC(F)(F)F)c1. The van der Waals surface area contributed by atoms with Gasteiger partial charge in [-0.2, -0.15) is 26.3 Å². The summed E-state index contributed by atoms with van der Waals surface area (Å²) in [5.74, 6) is 0.308. The molecule has 1 aromatic carbocycles. The molecule has 19 heavy (non-hydrogen) atoms. The molecular formula is C9H12F3N3O3S. The Balaban J connectivity index is 2.83. The third-order valence-corrected chi connectivity index (χ3v) is 2.98. The second-order valence-electron chi connectivity index (χ2n) is 3.49. The number of alkyl halides is 3. The molecule has 0 aliphatic carbocycles. The van der Waals surface area contributed by atoms with Crippen LogP contribution < -0.4 is 19.9 Å². The number of methoxy groups -OCH3 is 1. The molecule has 0 fully saturated rings. The fourth-order valence-electron chi connectivity index (χ4n) is 1.11. The van der Waals surface area contributed by atoms with E-state index in [2.05, 4.69) is 0 Å². The van der Waals surface area contributed by atoms with Crippen molar-refractivity contribution in [1.82, 2.24) is 4.72 Å². The first kappa shape index (κ1) is 15.4. The maximum absolute atomic E-state index is 11.9. The van der Waals surface area contributed by atoms with Gasteiger partial charge in [0.1, 0.15) is 12.3 Å². The molecule has 0 atom stereocenters. The molecule has 0 unspecified atom stereocenters. The van der Waals surface area contributed by atoms with E-state index in [-0.39, 0.29) is 11.4 Å². The molecule has 108 valence electrons. The zero-order valence-electron chi connectivity index (χ0n) is 9.78. The average molecular weight is 299 g/mol. The Morgan fingerprint density at radius 2 is 2.00 bits per heavy atom. The Morgan fingerprint density at radius 1 is 1.37 bits per heavy atom. The molecule has 0 amide bonds. The molecule has 0 heterocycles. The lowest BCUT2D eigenvalue weighted by atomic mass is 10.2. The molecule has 10 heteroatoms. The summed E-state index contributed by atoms with van der Waals surface area (Å²) in [7, 11) is -3.02. The largest absolute Gasteiger partial charge is 0.497 e. The summed E-state index contributed by atoms with van der Waals surface area (Å²) in [5.41, 5.74) is 5.48. The predicted octanol–water partition coefficient (Wildman–Crippen LogP) is 1.09. The van der Waals surface area contributed by atoms with Crippen LogP contribution in [0.25, 0.3) is 0 Å². The van der Waals surface area contributed by atoms with E-state index in [1.165, 1.54) is 30.0 Å². The van der Waals surface area contributed by atoms with Gasteiger partial charge in [-0.1, -0.05) is 0 Å². The Hall–Kier alpha value is -1.68. The van der Waals surface area contributed by atoms with Crippen LogP contribution in [0.5, 0.6) is 5.75 Å². The average Bonchev–Trinajstić information content (AvgIpc) is 2.29. The maximum Gasteiger partial charge on any atom is 0.402 e. The van der Waals surface area contributed by atoms with Crippen LogP contribution in [-0.2, 0) is 10.2 Å². The van der Waals surface area contributed by atoms with E-state index in [1.54, 1.807) is 0 Å². The Kier molecular flexibility index (Phi) is 4.48. The summed E-state index contributed by atoms with van der Waals surface area (Å²) in [6, 6.07) is 4.10. The summed E-state index contributed by atoms with van der Waals surface area (Å²) in [4.78, 5) is 0. The molecule has 0 bridgehead atoms. The van der Waals surface area contributed by atoms with E-state index in [0.29, 0.717) is 5.75 Å². The molecule has 0 aliphatic rings. The van der Waals surface area contributed by atoms with Crippen molar-refractivity contribution in [1.29, 1.82) is 0 Å². The minimum absolute atomic E-state index is 0.0539. The number of nitrogen functional groups attached to an aromatic ring is 1. The molecular weight excluding hydrogens is 287 g/mol. The minimum atomic E-state index is -4.64. The summed E-state index contributed by atoms with van der Waals surface area (Å²) in [6.07, 6.45) is -4.64. The van der Waals surface area contributed by atoms with Crippen LogP contribution in [-0.4, -0.2) is 28.2 Å². The molecule has 1 rings (SSSR count). The molecule has 0 aliphatic heterocycles. The van der Waals surface area contributed by atoms with E-state index in [9.17, 15) is 21.6 Å². The lowest BCUT2D eigenvalue weighted by Crippen LogP contribution is -2.37. The van der Waals surface area contributed by atoms with Crippen molar-refractivity contribution < 1.29 is 26.3 Å². The van der Waals surface area contributed by atoms with Gasteiger partial charge in [-0.25, -0.2) is 0 Å². The van der Waals surface area contributed by atoms with Crippen molar-refractivity contribution in [3.63, 3.8) is 0 Å². The molecule has 6 nitrogen and oxygen atoms in total. The molecule has 0 saturated heterocycles. The number of halogens is 3. The van der Waals surface area contributed by atoms with E-state index in [1.807, 2.05) is 4.72 Å². The predicted molar refractivity (Wildman–Crippen MR) is 64.0 cm³/mol. The third kappa shape index (κ3) is 5.22. The lowest BCUT2D eigenvalue weighted by molar-refractivity contribution is -0.121. The third-order valence-electron chi connectivity index (χ3n) is 1.97. The van der Waals surface area contributed by atoms with Gasteiger partial charge in [-0.15, -0.1) is 0 Å². The summed E-state index contributed by atoms with van der Waals surface area (Å²) in [5, 5.41) is 0. The minimum Gasteiger partial charge on any atom is -0.497 e. The van der Waals surface area contributed by atoms with Gasteiger partial charge in [0.15, 0.2) is 0 Å². The molecule has 0 saturated carbocycles. The monoisotopic (exact) mass is 299 g/mol. The molecule has 0 radical (unpaired) electrons. The fraction of sp³-hybridized carbons (Fsp3) is 0.333. The number of benzene rings is 1. The highest BCUT2D eigenvalue weighted by Gasteiger charge is 2.29. The summed E-state index contributed by atoms with van der Waals surface area (Å²) in [6.45, 7) is -1.67. The topological polar surface area (TPSA) is 93.4 Å². The van der Waals surface area contributed by atoms with Gasteiger partial charge in [0.2, 0.25) is 0 Å². The van der Waals surface area contributed by atoms with Crippen molar-refractivity contribution in [3.05, 3.63) is 18.2 Å². The number of rotatable bonds is 5. The van der Waals surface area contributed by atoms with Crippen molar-refractivity contribution in [2.45, 2.75) is 6.18 Å². The molecule has 4 N–H and O–H groups in total. The van der Waals surface area contributed by atoms with Gasteiger partial charge in [0.05, 0.1) is 18.5 Å². The number of hydrogen-bond donors (Lipinski definition) is 3. The summed E-state index contributed by atoms with van der Waals surface area (Å²) >= 11 is 0. The zero-order chi connectivity index (χ0) is 14.7. The van der Waals surface area contributed by atoms with Crippen LogP contribution in [0.15, 0.2) is 18.2 Å². The summed E-state index contributed by atoms with van der Waals surface area (Å²) < 4.78 is 66.6. The highest BCUT2D eigenvalue weighted by atomic mass is 32.2. The van der Waals surface area contributed by atoms with Gasteiger partial charge in [0.25, 0.3) is 10.2 Å². The number of hydrogen-bond acceptors (Lipinski definition) is 4. The number of nitrogens with one attached hydrogen (secondary N) is 2. The van der Waals surface area contributed by atoms with Gasteiger partial charge in [-0.3, -0.25) is 4.72 Å². The van der Waals surface area contributed by atoms with Crippen LogP contribution in [0.1, 0.15) is 0 Å². The fourth-order valence-corrected chi connectivity index (χ4v) is 2.00. The van der Waals surface area contributed by atoms with Gasteiger partial charge < -0.3 is 10.5 Å². The highest BCUT2D eigenvalue weighted by molar-refractivity contribution is 7.90. The van der Waals surface area contributed by atoms with Gasteiger partial charge >= 0.3 is 6.18 Å². The quantitative estimate of drug-likeness (QED) is 0.709. The van der Waals surface area contributed by atoms with Crippen LogP contribution in [0.3, 0.4) is 0 Å². The highest BCUT2D eigenvalue weighted by Crippen LogP contribution is 2.25. The Bertz CT molecular complexity index is 545. The smallest absolute Gasteiger partial charge is 0.402 e. The first-order valence-electron chi connectivity index (χ1n) is 4.90. The molecule has 0 spiro atoms. The van der Waals surface area contributed by atoms with Gasteiger partial charge in [0, 0.05) is 6.07 Å². The van der Waals surface area contributed by atoms with E-state index in [0.717, 1.165) is 0 Å². The van der Waals surface area contributed by atoms with Crippen molar-refractivity contribution >= 4 is 21.6 Å². The van der Waals surface area contributed by atoms with Crippen LogP contribution >= 0.6 is 0 Å². The van der Waals surface area contributed by atoms with Crippen molar-refractivity contribution in [2.75, 3.05) is 24.1 Å². The number of ether oxygens (including phenoxy) is 1. The Labute approximate surface area is 107 Å². The van der Waals surface area contributed by atoms with E-state index < -0.39 is 22.9 Å². The first-order valence-corrected chi connectivity index (χ1v) is 6.39. The second kappa shape index (κ2) is 5.53. The van der Waals surface area contributed by atoms with Crippen LogP contribution in [0.4, 0.5) is 24.5 Å². The maximum atomic E-state index is 11.9. The number of nitrogens with two attached hydrogens (primary N) is 1. The van der Waals surface area contributed by atoms with Crippen LogP contribution in [0, 0.1) is 0 Å². The van der Waals surface area contributed by atoms with Crippen LogP contribution in [0.2, 0.25) is 0 Å². The van der Waals surface area contributed by atoms with E-state index >= 15 is 0 Å². The van der Waals surface area contributed by atoms with Crippen molar-refractivity contribution in [3.8, 4) is 5.75 Å². The second-order valence-corrected chi connectivity index (χ2v) is 4.99. The standard InChI is InChI=1S/C9H12F3N3O3S/c1-18-6-2-3-7(13)8(4-6)15-19(16,17)14-5-9(10,11)12/h2-4,14-15H,5,13H2,1H3. The normalized spacial score (nSPS) is 12.2. The zero-order valence-corrected chi connectivity index (χ0v) is 10.6. The first-order chi connectivity index (χ1) is 8.63. The number of anilines is 2. The molecule has 1 aromatic rings. The van der Waals surface area contributed by atoms with Gasteiger partial charge in [-0.05, 0) is 12.1 Å². The lowest BCUT2D eigenvalue weighted by Gasteiger charge is -2.13.